The summed E-state index contributed by atoms with van der Waals surface area (Å²) in [5.74, 6) is 1.15. The highest BCUT2D eigenvalue weighted by Crippen LogP contribution is 2.42. The Balaban J connectivity index is 3.18. The summed E-state index contributed by atoms with van der Waals surface area (Å²) < 4.78 is 12.2. The lowest BCUT2D eigenvalue weighted by molar-refractivity contribution is 0.249. The molecule has 2 amide bonds. The molecule has 104 valence electrons. The van der Waals surface area contributed by atoms with Gasteiger partial charge >= 0.3 is 6.03 Å². The smallest absolute Gasteiger partial charge is 0.332 e. The van der Waals surface area contributed by atoms with E-state index in [1.54, 1.807) is 13.2 Å². The number of carbonyl (C=O) groups is 1. The highest BCUT2D eigenvalue weighted by Gasteiger charge is 2.15. The number of hydrogen-bond acceptors (Lipinski definition) is 4. The molecule has 0 aromatic heterocycles. The minimum Gasteiger partial charge on any atom is -0.492 e. The molecule has 0 bridgehead atoms. The fraction of sp³-hybridized carbons (Fsp3) is 0.273. The molecule has 0 radical (unpaired) electrons. The van der Waals surface area contributed by atoms with Crippen LogP contribution in [-0.4, -0.2) is 26.0 Å². The van der Waals surface area contributed by atoms with Crippen LogP contribution in [0.4, 0.5) is 4.79 Å². The first-order valence-electron chi connectivity index (χ1n) is 5.28. The van der Waals surface area contributed by atoms with Crippen LogP contribution in [0, 0.1) is 0 Å². The van der Waals surface area contributed by atoms with Crippen LogP contribution in [0.25, 0.3) is 0 Å². The lowest BCUT2D eigenvalue weighted by atomic mass is 10.2. The molecule has 0 aliphatic carbocycles. The molecule has 1 aromatic rings. The Morgan fingerprint density at radius 2 is 2.21 bits per heavy atom. The van der Waals surface area contributed by atoms with Crippen LogP contribution in [0.5, 0.6) is 11.5 Å². The molecule has 0 spiro atoms. The SMILES string of the molecule is CCOc1cc(C=NNC(N)=O)c(Br)c(Br)c1OC. The van der Waals surface area contributed by atoms with Crippen molar-refractivity contribution in [2.45, 2.75) is 6.92 Å². The fourth-order valence-corrected chi connectivity index (χ4v) is 2.30. The van der Waals surface area contributed by atoms with E-state index in [1.807, 2.05) is 6.92 Å². The summed E-state index contributed by atoms with van der Waals surface area (Å²) in [5, 5.41) is 3.70. The second-order valence-corrected chi connectivity index (χ2v) is 4.88. The first-order valence-corrected chi connectivity index (χ1v) is 6.87. The number of nitrogens with one attached hydrogen (secondary N) is 1. The summed E-state index contributed by atoms with van der Waals surface area (Å²) in [6.45, 7) is 2.37. The van der Waals surface area contributed by atoms with Crippen LogP contribution in [0.2, 0.25) is 0 Å². The van der Waals surface area contributed by atoms with E-state index in [9.17, 15) is 4.79 Å². The monoisotopic (exact) mass is 393 g/mol. The number of hydrogen-bond donors (Lipinski definition) is 2. The molecule has 0 aliphatic rings. The third-order valence-corrected chi connectivity index (χ3v) is 4.18. The molecule has 1 aromatic carbocycles. The molecule has 19 heavy (non-hydrogen) atoms. The van der Waals surface area contributed by atoms with Crippen LogP contribution in [0.15, 0.2) is 20.1 Å². The predicted octanol–water partition coefficient (Wildman–Crippen LogP) is 2.62. The van der Waals surface area contributed by atoms with Gasteiger partial charge in [0.2, 0.25) is 0 Å². The molecule has 0 saturated heterocycles. The van der Waals surface area contributed by atoms with E-state index in [0.717, 1.165) is 4.47 Å². The van der Waals surface area contributed by atoms with Gasteiger partial charge in [-0.25, -0.2) is 10.2 Å². The van der Waals surface area contributed by atoms with Crippen LogP contribution in [-0.2, 0) is 0 Å². The van der Waals surface area contributed by atoms with Crippen LogP contribution in [0.3, 0.4) is 0 Å². The summed E-state index contributed by atoms with van der Waals surface area (Å²) >= 11 is 6.81. The molecule has 3 N–H and O–H groups in total. The maximum absolute atomic E-state index is 10.5. The number of benzene rings is 1. The Bertz CT molecular complexity index is 506. The van der Waals surface area contributed by atoms with Crippen molar-refractivity contribution in [3.8, 4) is 11.5 Å². The predicted molar refractivity (Wildman–Crippen MR) is 79.9 cm³/mol. The van der Waals surface area contributed by atoms with Gasteiger partial charge in [0.05, 0.1) is 24.4 Å². The maximum atomic E-state index is 10.5. The second-order valence-electron chi connectivity index (χ2n) is 3.29. The zero-order valence-corrected chi connectivity index (χ0v) is 13.5. The van der Waals surface area contributed by atoms with Gasteiger partial charge in [-0.15, -0.1) is 0 Å². The van der Waals surface area contributed by atoms with Gasteiger partial charge in [-0.2, -0.15) is 5.10 Å². The van der Waals surface area contributed by atoms with Crippen molar-refractivity contribution < 1.29 is 14.3 Å². The van der Waals surface area contributed by atoms with Crippen molar-refractivity contribution in [1.29, 1.82) is 0 Å². The Morgan fingerprint density at radius 1 is 1.53 bits per heavy atom. The Hall–Kier alpha value is -1.28. The number of amides is 2. The summed E-state index contributed by atoms with van der Waals surface area (Å²) in [6.07, 6.45) is 1.45. The Kier molecular flexibility index (Phi) is 6.10. The summed E-state index contributed by atoms with van der Waals surface area (Å²) in [4.78, 5) is 10.5. The number of halogens is 2. The van der Waals surface area contributed by atoms with Gasteiger partial charge in [-0.1, -0.05) is 0 Å². The highest BCUT2D eigenvalue weighted by atomic mass is 79.9. The number of primary amides is 1. The van der Waals surface area contributed by atoms with Gasteiger partial charge in [0, 0.05) is 10.0 Å². The number of carbonyl (C=O) groups excluding carboxylic acids is 1. The lowest BCUT2D eigenvalue weighted by Gasteiger charge is -2.13. The average molecular weight is 395 g/mol. The number of rotatable bonds is 5. The van der Waals surface area contributed by atoms with Gasteiger partial charge in [0.1, 0.15) is 0 Å². The lowest BCUT2D eigenvalue weighted by Crippen LogP contribution is -2.24. The van der Waals surface area contributed by atoms with E-state index >= 15 is 0 Å². The van der Waals surface area contributed by atoms with Gasteiger partial charge < -0.3 is 15.2 Å². The number of ether oxygens (including phenoxy) is 2. The molecule has 0 unspecified atom stereocenters. The van der Waals surface area contributed by atoms with E-state index in [2.05, 4.69) is 42.4 Å². The number of nitrogens with two attached hydrogens (primary N) is 1. The van der Waals surface area contributed by atoms with Crippen molar-refractivity contribution >= 4 is 44.1 Å². The second kappa shape index (κ2) is 7.34. The molecule has 1 rings (SSSR count). The summed E-state index contributed by atoms with van der Waals surface area (Å²) in [7, 11) is 1.55. The Labute approximate surface area is 127 Å². The molecule has 0 saturated carbocycles. The highest BCUT2D eigenvalue weighted by molar-refractivity contribution is 9.13. The van der Waals surface area contributed by atoms with Crippen molar-refractivity contribution in [2.24, 2.45) is 10.8 Å². The quantitative estimate of drug-likeness (QED) is 0.594. The zero-order valence-electron chi connectivity index (χ0n) is 10.4. The summed E-state index contributed by atoms with van der Waals surface area (Å²) in [5.41, 5.74) is 7.74. The average Bonchev–Trinajstić information content (AvgIpc) is 2.35. The molecular formula is C11H13Br2N3O3. The molecule has 0 fully saturated rings. The maximum Gasteiger partial charge on any atom is 0.332 e. The van der Waals surface area contributed by atoms with Gasteiger partial charge in [-0.05, 0) is 44.8 Å². The number of urea groups is 1. The molecule has 6 nitrogen and oxygen atoms in total. The molecule has 0 aliphatic heterocycles. The number of hydrazone groups is 1. The number of methoxy groups -OCH3 is 1. The van der Waals surface area contributed by atoms with Crippen molar-refractivity contribution in [3.05, 3.63) is 20.6 Å². The van der Waals surface area contributed by atoms with E-state index in [4.69, 9.17) is 15.2 Å². The van der Waals surface area contributed by atoms with Crippen LogP contribution < -0.4 is 20.6 Å². The topological polar surface area (TPSA) is 85.9 Å². The summed E-state index contributed by atoms with van der Waals surface area (Å²) in [6, 6.07) is 1.01. The van der Waals surface area contributed by atoms with Crippen LogP contribution in [0.1, 0.15) is 12.5 Å². The molecule has 0 heterocycles. The fourth-order valence-electron chi connectivity index (χ4n) is 1.32. The van der Waals surface area contributed by atoms with Crippen molar-refractivity contribution in [1.82, 2.24) is 5.43 Å². The standard InChI is InChI=1S/C11H13Br2N3O3/c1-3-19-7-4-6(5-15-16-11(14)17)8(12)9(13)10(7)18-2/h4-5H,3H2,1-2H3,(H3,14,16,17). The minimum absolute atomic E-state index is 0.501. The normalized spacial score (nSPS) is 10.5. The molecular weight excluding hydrogens is 382 g/mol. The van der Waals surface area contributed by atoms with Crippen molar-refractivity contribution in [3.63, 3.8) is 0 Å². The zero-order chi connectivity index (χ0) is 14.4. The molecule has 8 heteroatoms. The van der Waals surface area contributed by atoms with Gasteiger partial charge in [0.25, 0.3) is 0 Å². The Morgan fingerprint density at radius 3 is 2.74 bits per heavy atom. The van der Waals surface area contributed by atoms with Gasteiger partial charge in [-0.3, -0.25) is 0 Å². The first-order chi connectivity index (χ1) is 9.01. The third kappa shape index (κ3) is 4.10. The van der Waals surface area contributed by atoms with Crippen LogP contribution >= 0.6 is 31.9 Å². The van der Waals surface area contributed by atoms with E-state index < -0.39 is 6.03 Å². The van der Waals surface area contributed by atoms with Crippen molar-refractivity contribution in [2.75, 3.05) is 13.7 Å². The minimum atomic E-state index is -0.731. The van der Waals surface area contributed by atoms with E-state index in [0.29, 0.717) is 28.1 Å². The third-order valence-electron chi connectivity index (χ3n) is 2.04. The van der Waals surface area contributed by atoms with Gasteiger partial charge in [0.15, 0.2) is 11.5 Å². The first kappa shape index (κ1) is 15.8. The number of nitrogens with zero attached hydrogens (tertiary/aromatic N) is 1. The van der Waals surface area contributed by atoms with E-state index in [1.165, 1.54) is 6.21 Å². The largest absolute Gasteiger partial charge is 0.492 e. The van der Waals surface area contributed by atoms with E-state index in [-0.39, 0.29) is 0 Å². The molecule has 0 atom stereocenters.